The topological polar surface area (TPSA) is 38.9 Å². The maximum atomic E-state index is 5.61. The molecule has 94 valence electrons. The van der Waals surface area contributed by atoms with Crippen molar-refractivity contribution in [1.29, 1.82) is 0 Å². The zero-order valence-electron chi connectivity index (χ0n) is 10.5. The molecule has 2 heterocycles. The number of rotatable bonds is 5. The summed E-state index contributed by atoms with van der Waals surface area (Å²) >= 11 is 1.17. The van der Waals surface area contributed by atoms with Crippen molar-refractivity contribution in [3.8, 4) is 17.1 Å². The molecule has 0 aromatic carbocycles. The molecule has 0 saturated carbocycles. The molecule has 0 bridgehead atoms. The Morgan fingerprint density at radius 2 is 2.28 bits per heavy atom. The van der Waals surface area contributed by atoms with Crippen LogP contribution in [0.4, 0.5) is 0 Å². The van der Waals surface area contributed by atoms with E-state index in [-0.39, 0.29) is 0 Å². The summed E-state index contributed by atoms with van der Waals surface area (Å²) < 4.78 is 16.1. The minimum Gasteiger partial charge on any atom is -0.471 e. The Morgan fingerprint density at radius 1 is 1.39 bits per heavy atom. The van der Waals surface area contributed by atoms with Crippen molar-refractivity contribution in [2.24, 2.45) is 7.05 Å². The molecule has 0 radical (unpaired) electrons. The molecule has 2 aromatic rings. The summed E-state index contributed by atoms with van der Waals surface area (Å²) in [5.41, 5.74) is 1.82. The molecule has 0 saturated heterocycles. The summed E-state index contributed by atoms with van der Waals surface area (Å²) in [6.07, 6.45) is 9.06. The van der Waals surface area contributed by atoms with Gasteiger partial charge in [0.1, 0.15) is 13.7 Å². The van der Waals surface area contributed by atoms with Crippen molar-refractivity contribution in [3.05, 3.63) is 36.7 Å². The fourth-order valence-corrected chi connectivity index (χ4v) is 2.06. The van der Waals surface area contributed by atoms with E-state index in [0.29, 0.717) is 12.5 Å². The highest BCUT2D eigenvalue weighted by Gasteiger charge is 2.13. The van der Waals surface area contributed by atoms with Crippen LogP contribution in [0.1, 0.15) is 13.3 Å². The van der Waals surface area contributed by atoms with Gasteiger partial charge in [-0.15, -0.1) is 4.37 Å². The lowest BCUT2D eigenvalue weighted by Crippen LogP contribution is -2.26. The maximum Gasteiger partial charge on any atom is 0.254 e. The molecular weight excluding hydrogens is 246 g/mol. The molecule has 4 nitrogen and oxygen atoms in total. The van der Waals surface area contributed by atoms with E-state index < -0.39 is 0 Å². The van der Waals surface area contributed by atoms with E-state index in [9.17, 15) is 0 Å². The van der Waals surface area contributed by atoms with Gasteiger partial charge in [-0.25, -0.2) is 4.57 Å². The Labute approximate surface area is 111 Å². The minimum atomic E-state index is 0.533. The van der Waals surface area contributed by atoms with Gasteiger partial charge in [0.2, 0.25) is 0 Å². The lowest BCUT2D eigenvalue weighted by atomic mass is 10.2. The number of hydrogen-bond donors (Lipinski definition) is 0. The lowest BCUT2D eigenvalue weighted by Gasteiger charge is -2.01. The molecule has 0 aliphatic rings. The highest BCUT2D eigenvalue weighted by atomic mass is 32.1. The summed E-state index contributed by atoms with van der Waals surface area (Å²) in [4.78, 5) is 0. The quantitative estimate of drug-likeness (QED) is 0.613. The summed E-state index contributed by atoms with van der Waals surface area (Å²) in [7, 11) is 1.98. The molecule has 2 aromatic heterocycles. The molecule has 0 amide bonds. The number of ether oxygens (including phenoxy) is 1. The molecule has 0 aliphatic carbocycles. The summed E-state index contributed by atoms with van der Waals surface area (Å²) in [6.45, 7) is 2.63. The van der Waals surface area contributed by atoms with Crippen LogP contribution in [0.25, 0.3) is 11.3 Å². The number of aromatic nitrogens is 3. The normalized spacial score (nSPS) is 11.0. The van der Waals surface area contributed by atoms with Crippen molar-refractivity contribution >= 4 is 11.7 Å². The van der Waals surface area contributed by atoms with E-state index in [0.717, 1.165) is 17.7 Å². The lowest BCUT2D eigenvalue weighted by molar-refractivity contribution is -0.671. The first-order valence-electron chi connectivity index (χ1n) is 5.87. The van der Waals surface area contributed by atoms with Gasteiger partial charge in [0.25, 0.3) is 5.88 Å². The summed E-state index contributed by atoms with van der Waals surface area (Å²) in [5.74, 6) is 0.604. The molecule has 0 fully saturated rings. The molecular formula is C13H16N3OS+. The van der Waals surface area contributed by atoms with E-state index in [2.05, 4.69) is 21.7 Å². The van der Waals surface area contributed by atoms with Crippen LogP contribution in [0, 0.1) is 0 Å². The van der Waals surface area contributed by atoms with E-state index in [1.54, 1.807) is 0 Å². The second-order valence-electron chi connectivity index (χ2n) is 3.87. The Kier molecular flexibility index (Phi) is 4.41. The average molecular weight is 262 g/mol. The molecule has 0 aliphatic heterocycles. The Hall–Kier alpha value is -1.75. The van der Waals surface area contributed by atoms with Crippen LogP contribution in [-0.4, -0.2) is 15.4 Å². The van der Waals surface area contributed by atoms with Gasteiger partial charge in [0, 0.05) is 6.07 Å². The molecule has 0 unspecified atom stereocenters. The van der Waals surface area contributed by atoms with Crippen LogP contribution in [0.15, 0.2) is 36.7 Å². The Balaban J connectivity index is 2.15. The highest BCUT2D eigenvalue weighted by Crippen LogP contribution is 2.26. The number of nitrogens with zero attached hydrogens (tertiary/aromatic N) is 3. The molecule has 18 heavy (non-hydrogen) atoms. The predicted molar refractivity (Wildman–Crippen MR) is 71.4 cm³/mol. The average Bonchev–Trinajstić information content (AvgIpc) is 2.83. The zero-order chi connectivity index (χ0) is 12.8. The first-order valence-corrected chi connectivity index (χ1v) is 6.60. The van der Waals surface area contributed by atoms with Crippen molar-refractivity contribution in [3.63, 3.8) is 0 Å². The second kappa shape index (κ2) is 6.26. The van der Waals surface area contributed by atoms with Crippen LogP contribution < -0.4 is 9.30 Å². The van der Waals surface area contributed by atoms with Crippen molar-refractivity contribution in [1.82, 2.24) is 8.75 Å². The Morgan fingerprint density at radius 3 is 3.06 bits per heavy atom. The van der Waals surface area contributed by atoms with Gasteiger partial charge in [0.15, 0.2) is 18.1 Å². The van der Waals surface area contributed by atoms with Gasteiger partial charge in [-0.1, -0.05) is 19.1 Å². The van der Waals surface area contributed by atoms with E-state index >= 15 is 0 Å². The monoisotopic (exact) mass is 262 g/mol. The van der Waals surface area contributed by atoms with Crippen molar-refractivity contribution in [2.45, 2.75) is 13.3 Å². The van der Waals surface area contributed by atoms with Crippen LogP contribution in [0.3, 0.4) is 0 Å². The van der Waals surface area contributed by atoms with Crippen LogP contribution in [0.5, 0.6) is 5.88 Å². The standard InChI is InChI=1S/C13H16N3OS/c1-3-4-5-9-17-13-12(14-18-15-13)11-7-6-8-16(2)10-11/h4-8,10H,3,9H2,1-2H3/q+1/b5-4-. The minimum absolute atomic E-state index is 0.533. The van der Waals surface area contributed by atoms with Crippen LogP contribution >= 0.6 is 11.7 Å². The van der Waals surface area contributed by atoms with Crippen LogP contribution in [-0.2, 0) is 7.05 Å². The van der Waals surface area contributed by atoms with Gasteiger partial charge in [0.05, 0.1) is 17.3 Å². The third-order valence-corrected chi connectivity index (χ3v) is 2.90. The number of pyridine rings is 1. The third kappa shape index (κ3) is 3.13. The predicted octanol–water partition coefficient (Wildman–Crippen LogP) is 2.37. The molecule has 0 atom stereocenters. The smallest absolute Gasteiger partial charge is 0.254 e. The number of aryl methyl sites for hydroxylation is 1. The SMILES string of the molecule is CC/C=C\COc1nsnc1-c1ccc[n+](C)c1. The van der Waals surface area contributed by atoms with E-state index in [1.807, 2.05) is 42.2 Å². The van der Waals surface area contributed by atoms with Crippen LogP contribution in [0.2, 0.25) is 0 Å². The number of allylic oxidation sites excluding steroid dienone is 1. The summed E-state index contributed by atoms with van der Waals surface area (Å²) in [5, 5.41) is 0. The van der Waals surface area contributed by atoms with Gasteiger partial charge in [-0.3, -0.25) is 0 Å². The molecule has 0 spiro atoms. The molecule has 0 N–H and O–H groups in total. The van der Waals surface area contributed by atoms with Crippen molar-refractivity contribution < 1.29 is 9.30 Å². The maximum absolute atomic E-state index is 5.61. The summed E-state index contributed by atoms with van der Waals surface area (Å²) in [6, 6.07) is 3.99. The number of hydrogen-bond acceptors (Lipinski definition) is 4. The molecule has 5 heteroatoms. The largest absolute Gasteiger partial charge is 0.471 e. The molecule has 2 rings (SSSR count). The van der Waals surface area contributed by atoms with Gasteiger partial charge in [-0.2, -0.15) is 4.37 Å². The van der Waals surface area contributed by atoms with Gasteiger partial charge < -0.3 is 4.74 Å². The second-order valence-corrected chi connectivity index (χ2v) is 4.40. The van der Waals surface area contributed by atoms with E-state index in [1.165, 1.54) is 11.7 Å². The first-order chi connectivity index (χ1) is 8.81. The fourth-order valence-electron chi connectivity index (χ4n) is 1.54. The fraction of sp³-hybridized carbons (Fsp3) is 0.308. The Bertz CT molecular complexity index is 537. The highest BCUT2D eigenvalue weighted by molar-refractivity contribution is 6.99. The van der Waals surface area contributed by atoms with E-state index in [4.69, 9.17) is 4.74 Å². The third-order valence-electron chi connectivity index (χ3n) is 2.39. The van der Waals surface area contributed by atoms with Gasteiger partial charge >= 0.3 is 0 Å². The zero-order valence-corrected chi connectivity index (χ0v) is 11.4. The van der Waals surface area contributed by atoms with Crippen molar-refractivity contribution in [2.75, 3.05) is 6.61 Å². The van der Waals surface area contributed by atoms with Gasteiger partial charge in [-0.05, 0) is 12.5 Å². The first kappa shape index (κ1) is 12.7.